The number of guanidine groups is 1. The first-order valence-electron chi connectivity index (χ1n) is 31.9. The molecule has 4 aliphatic rings. The Kier molecular flexibility index (Phi) is 27.1. The maximum absolute atomic E-state index is 14.6. The molecular weight excluding hydrogens is 1230 g/mol. The van der Waals surface area contributed by atoms with Gasteiger partial charge in [0.25, 0.3) is 0 Å². The number of imidazole rings is 1. The third-order valence-electron chi connectivity index (χ3n) is 17.3. The zero-order valence-corrected chi connectivity index (χ0v) is 53.9. The Morgan fingerprint density at radius 3 is 1.47 bits per heavy atom. The van der Waals surface area contributed by atoms with Crippen molar-refractivity contribution in [2.75, 3.05) is 32.7 Å². The third-order valence-corrected chi connectivity index (χ3v) is 17.3. The highest BCUT2D eigenvalue weighted by molar-refractivity contribution is 6.00. The van der Waals surface area contributed by atoms with E-state index in [1.54, 1.807) is 44.2 Å². The first-order valence-corrected chi connectivity index (χ1v) is 31.9. The van der Waals surface area contributed by atoms with Crippen LogP contribution in [0.5, 0.6) is 0 Å². The van der Waals surface area contributed by atoms with Crippen molar-refractivity contribution < 1.29 is 78.0 Å². The summed E-state index contributed by atoms with van der Waals surface area (Å²) < 4.78 is 0. The van der Waals surface area contributed by atoms with E-state index in [0.29, 0.717) is 43.4 Å². The highest BCUT2D eigenvalue weighted by Crippen LogP contribution is 2.31. The van der Waals surface area contributed by atoms with Crippen LogP contribution in [0.2, 0.25) is 0 Å². The normalized spacial score (nSPS) is 21.4. The Morgan fingerprint density at radius 2 is 1.01 bits per heavy atom. The van der Waals surface area contributed by atoms with Crippen LogP contribution in [0, 0.1) is 5.92 Å². The summed E-state index contributed by atoms with van der Waals surface area (Å²) in [5.41, 5.74) is 17.9. The number of H-pyrrole nitrogens is 1. The van der Waals surface area contributed by atoms with Gasteiger partial charge in [0.15, 0.2) is 5.96 Å². The molecule has 2 aromatic rings. The number of amides is 11. The Hall–Kier alpha value is -8.82. The number of carboxylic acid groups (broad SMARTS) is 1. The molecule has 0 radical (unpaired) electrons. The maximum Gasteiger partial charge on any atom is 0.326 e. The number of benzene rings is 1. The van der Waals surface area contributed by atoms with Crippen LogP contribution in [-0.2, 0) is 70.4 Å². The number of hydrogen-bond donors (Lipinski definition) is 15. The van der Waals surface area contributed by atoms with E-state index in [2.05, 4.69) is 52.2 Å². The fourth-order valence-corrected chi connectivity index (χ4v) is 12.2. The smallest absolute Gasteiger partial charge is 0.326 e. The molecule has 4 saturated heterocycles. The van der Waals surface area contributed by atoms with Crippen molar-refractivity contribution in [2.24, 2.45) is 28.1 Å². The fourth-order valence-electron chi connectivity index (χ4n) is 12.2. The van der Waals surface area contributed by atoms with Crippen LogP contribution < -0.4 is 54.4 Å². The van der Waals surface area contributed by atoms with Crippen LogP contribution in [0.3, 0.4) is 0 Å². The van der Waals surface area contributed by atoms with E-state index < -0.39 is 168 Å². The number of hydrogen-bond acceptors (Lipinski definition) is 18. The van der Waals surface area contributed by atoms with Crippen LogP contribution in [0.25, 0.3) is 0 Å². The molecule has 0 saturated carbocycles. The van der Waals surface area contributed by atoms with Gasteiger partial charge in [-0.3, -0.25) is 57.7 Å². The molecule has 33 nitrogen and oxygen atoms in total. The van der Waals surface area contributed by atoms with Gasteiger partial charge in [-0.1, -0.05) is 44.2 Å². The molecule has 4 aliphatic heterocycles. The number of aliphatic carboxylic acids is 1. The number of carboxylic acids is 1. The summed E-state index contributed by atoms with van der Waals surface area (Å²) in [5.74, 6) is -10.7. The van der Waals surface area contributed by atoms with Crippen molar-refractivity contribution in [3.63, 3.8) is 0 Å². The molecule has 518 valence electrons. The summed E-state index contributed by atoms with van der Waals surface area (Å²) in [6.07, 6.45) is 0.894. The lowest BCUT2D eigenvalue weighted by Crippen LogP contribution is -2.64. The second-order valence-corrected chi connectivity index (χ2v) is 24.9. The number of aliphatic imine (C=N–C) groups is 1. The number of aromatic nitrogens is 2. The topological polar surface area (TPSA) is 502 Å². The summed E-state index contributed by atoms with van der Waals surface area (Å²) in [6, 6.07) is -7.48. The van der Waals surface area contributed by atoms with E-state index in [1.165, 1.54) is 46.0 Å². The number of nitrogens with zero attached hydrogens (tertiary/aromatic N) is 6. The van der Waals surface area contributed by atoms with E-state index >= 15 is 0 Å². The van der Waals surface area contributed by atoms with Gasteiger partial charge in [-0.05, 0) is 103 Å². The minimum atomic E-state index is -1.89. The molecule has 4 fully saturated rings. The SMILES string of the molecule is CC(C)[C@H](NC(=O)[C@@H](N)Cc1cnc[nH]1)C(=O)N[C@H](C(=O)N[C@H](C(=O)N[C@H](C(=O)N[C@@H](Cc1ccccc1)C(=O)N[C@@H](C)C(=O)N1CCC[C@H]1C(=O)N1CCC[C@H]1C(=O)N1CCC[C@H]1C(=O)N1CCC[C@H]1C(=O)N[C@@H](CCCN=C(N)N)C(=O)O)[C@@H](C)O)[C@@H](C)O)[C@@H](C)O. The average molecular weight is 1320 g/mol. The molecule has 0 aliphatic carbocycles. The number of aliphatic hydroxyl groups is 3. The van der Waals surface area contributed by atoms with Gasteiger partial charge in [0, 0.05) is 57.5 Å². The van der Waals surface area contributed by atoms with Gasteiger partial charge < -0.3 is 99.4 Å². The van der Waals surface area contributed by atoms with Gasteiger partial charge >= 0.3 is 5.97 Å². The lowest BCUT2D eigenvalue weighted by atomic mass is 10.0. The molecule has 11 amide bonds. The molecule has 94 heavy (non-hydrogen) atoms. The fraction of sp³-hybridized carbons (Fsp3) is 0.639. The monoisotopic (exact) mass is 1320 g/mol. The van der Waals surface area contributed by atoms with Gasteiger partial charge in [0.1, 0.15) is 66.5 Å². The molecular formula is C61H93N17O16. The summed E-state index contributed by atoms with van der Waals surface area (Å²) >= 11 is 0. The number of carbonyl (C=O) groups is 12. The van der Waals surface area contributed by atoms with Crippen LogP contribution in [-0.4, -0.2) is 250 Å². The molecule has 1 aromatic heterocycles. The predicted molar refractivity (Wildman–Crippen MR) is 336 cm³/mol. The molecule has 15 atom stereocenters. The highest BCUT2D eigenvalue weighted by Gasteiger charge is 2.49. The van der Waals surface area contributed by atoms with E-state index in [-0.39, 0.29) is 83.6 Å². The van der Waals surface area contributed by atoms with Crippen molar-refractivity contribution in [3.8, 4) is 0 Å². The van der Waals surface area contributed by atoms with E-state index in [1.807, 2.05) is 0 Å². The second kappa shape index (κ2) is 34.4. The summed E-state index contributed by atoms with van der Waals surface area (Å²) in [4.78, 5) is 183. The average Bonchev–Trinajstić information content (AvgIpc) is 1.65. The van der Waals surface area contributed by atoms with Gasteiger partial charge in [-0.25, -0.2) is 9.78 Å². The summed E-state index contributed by atoms with van der Waals surface area (Å²) in [7, 11) is 0. The number of aromatic amines is 1. The zero-order chi connectivity index (χ0) is 69.2. The third kappa shape index (κ3) is 19.6. The van der Waals surface area contributed by atoms with Gasteiger partial charge in [-0.15, -0.1) is 0 Å². The lowest BCUT2D eigenvalue weighted by Gasteiger charge is -2.36. The van der Waals surface area contributed by atoms with Crippen LogP contribution >= 0.6 is 0 Å². The molecule has 0 bridgehead atoms. The zero-order valence-electron chi connectivity index (χ0n) is 53.9. The Morgan fingerprint density at radius 1 is 0.564 bits per heavy atom. The predicted octanol–water partition coefficient (Wildman–Crippen LogP) is -5.16. The first-order chi connectivity index (χ1) is 44.5. The number of carbonyl (C=O) groups excluding carboxylic acids is 11. The van der Waals surface area contributed by atoms with Crippen LogP contribution in [0.15, 0.2) is 47.8 Å². The number of aliphatic hydroxyl groups excluding tert-OH is 3. The Balaban J connectivity index is 1.08. The standard InChI is InChI=1S/C61H93N17O16/c1-31(2)45(71-49(82)38(62)28-37-29-65-30-67-37)52(85)72-47(34(5)80)54(87)74-48(35(6)81)55(88)73-46(33(4)79)53(86)70-40(27-36-15-8-7-9-16-36)50(83)68-32(3)56(89)76-24-12-19-42(76)58(91)78-26-14-21-44(78)59(92)77-25-13-20-43(77)57(90)75-23-11-18-41(75)51(84)69-39(60(93)94)17-10-22-66-61(63)64/h7-9,15-16,29-35,38-48,79-81H,10-14,17-28,62H2,1-6H3,(H,65,67)(H,68,83)(H,69,84)(H,70,86)(H,71,82)(H,72,85)(H,73,88)(H,74,87)(H,93,94)(H4,63,64,66)/t32-,33+,34+,35+,38-,39-,40-,41-,42-,43-,44-,45-,46-,47-,48-/m0/s1. The van der Waals surface area contributed by atoms with Crippen LogP contribution in [0.1, 0.15) is 117 Å². The lowest BCUT2D eigenvalue weighted by molar-refractivity contribution is -0.153. The van der Waals surface area contributed by atoms with Crippen molar-refractivity contribution >= 4 is 76.9 Å². The quantitative estimate of drug-likeness (QED) is 0.0191. The van der Waals surface area contributed by atoms with Gasteiger partial charge in [0.05, 0.1) is 30.7 Å². The maximum atomic E-state index is 14.6. The second-order valence-electron chi connectivity index (χ2n) is 24.9. The van der Waals surface area contributed by atoms with Crippen molar-refractivity contribution in [3.05, 3.63) is 54.1 Å². The number of nitrogens with two attached hydrogens (primary N) is 3. The largest absolute Gasteiger partial charge is 0.480 e. The molecule has 18 N–H and O–H groups in total. The molecule has 0 unspecified atom stereocenters. The van der Waals surface area contributed by atoms with Crippen molar-refractivity contribution in [2.45, 2.75) is 209 Å². The minimum Gasteiger partial charge on any atom is -0.480 e. The van der Waals surface area contributed by atoms with Gasteiger partial charge in [-0.2, -0.15) is 0 Å². The number of nitrogens with one attached hydrogen (secondary N) is 8. The van der Waals surface area contributed by atoms with Crippen molar-refractivity contribution in [1.82, 2.24) is 66.8 Å². The Bertz CT molecular complexity index is 3040. The number of rotatable bonds is 31. The minimum absolute atomic E-state index is 0.0288. The van der Waals surface area contributed by atoms with Gasteiger partial charge in [0.2, 0.25) is 65.0 Å². The molecule has 33 heteroatoms. The van der Waals surface area contributed by atoms with E-state index in [9.17, 15) is 78.0 Å². The molecule has 6 rings (SSSR count). The van der Waals surface area contributed by atoms with E-state index in [0.717, 1.165) is 13.8 Å². The van der Waals surface area contributed by atoms with E-state index in [4.69, 9.17) is 17.2 Å². The van der Waals surface area contributed by atoms with Crippen LogP contribution in [0.4, 0.5) is 0 Å². The van der Waals surface area contributed by atoms with Crippen molar-refractivity contribution in [1.29, 1.82) is 0 Å². The molecule has 0 spiro atoms. The summed E-state index contributed by atoms with van der Waals surface area (Å²) in [6.45, 7) is 8.91. The summed E-state index contributed by atoms with van der Waals surface area (Å²) in [5, 5.41) is 59.6. The molecule has 1 aromatic carbocycles. The molecule has 5 heterocycles. The Labute approximate surface area is 544 Å². The first kappa shape index (κ1) is 74.2. The highest BCUT2D eigenvalue weighted by atomic mass is 16.4. The number of likely N-dealkylation sites (tertiary alicyclic amines) is 4.